The van der Waals surface area contributed by atoms with E-state index in [2.05, 4.69) is 26.5 Å². The highest BCUT2D eigenvalue weighted by atomic mass is 19.1. The molecule has 4 N–H and O–H groups in total. The van der Waals surface area contributed by atoms with Crippen LogP contribution in [-0.4, -0.2) is 78.9 Å². The molecular formula is C24H41FN6O3. The number of carbonyl (C=O) groups excluding carboxylic acids is 2. The number of hydrogen-bond donors (Lipinski definition) is 4. The van der Waals surface area contributed by atoms with Gasteiger partial charge in [-0.05, 0) is 56.8 Å². The van der Waals surface area contributed by atoms with E-state index in [1.165, 1.54) is 6.42 Å². The van der Waals surface area contributed by atoms with Gasteiger partial charge >= 0.3 is 0 Å². The molecule has 0 aromatic heterocycles. The van der Waals surface area contributed by atoms with E-state index in [1.807, 2.05) is 4.90 Å². The first-order valence-electron chi connectivity index (χ1n) is 13.4. The predicted octanol–water partition coefficient (Wildman–Crippen LogP) is 1.03. The third kappa shape index (κ3) is 5.73. The Hall–Kier alpha value is -1.33. The van der Waals surface area contributed by atoms with Crippen LogP contribution in [0.4, 0.5) is 4.39 Å². The number of halogens is 1. The van der Waals surface area contributed by atoms with Gasteiger partial charge in [-0.1, -0.05) is 12.8 Å². The van der Waals surface area contributed by atoms with E-state index in [4.69, 9.17) is 4.84 Å². The molecule has 0 radical (unpaired) electrons. The molecule has 3 aliphatic heterocycles. The van der Waals surface area contributed by atoms with Crippen molar-refractivity contribution in [2.24, 2.45) is 17.8 Å². The van der Waals surface area contributed by atoms with Gasteiger partial charge in [0.1, 0.15) is 12.4 Å². The van der Waals surface area contributed by atoms with Gasteiger partial charge in [0.2, 0.25) is 11.8 Å². The van der Waals surface area contributed by atoms with E-state index in [-0.39, 0.29) is 36.2 Å². The molecule has 0 aromatic rings. The molecule has 5 rings (SSSR count). The molecule has 5 atom stereocenters. The molecule has 9 nitrogen and oxygen atoms in total. The average molecular weight is 481 g/mol. The van der Waals surface area contributed by atoms with Crippen LogP contribution in [0.5, 0.6) is 0 Å². The Balaban J connectivity index is 1.00. The smallest absolute Gasteiger partial charge is 0.237 e. The van der Waals surface area contributed by atoms with Gasteiger partial charge in [-0.3, -0.25) is 30.1 Å². The van der Waals surface area contributed by atoms with Crippen molar-refractivity contribution < 1.29 is 18.8 Å². The Morgan fingerprint density at radius 1 is 1.03 bits per heavy atom. The van der Waals surface area contributed by atoms with Gasteiger partial charge in [0.05, 0.1) is 6.17 Å². The van der Waals surface area contributed by atoms with Crippen LogP contribution in [0.15, 0.2) is 0 Å². The molecule has 5 unspecified atom stereocenters. The van der Waals surface area contributed by atoms with Crippen LogP contribution in [0.3, 0.4) is 0 Å². The van der Waals surface area contributed by atoms with Crippen LogP contribution in [0.2, 0.25) is 0 Å². The molecule has 0 aromatic carbocycles. The number of alkyl halides is 1. The molecule has 2 aliphatic carbocycles. The quantitative estimate of drug-likeness (QED) is 0.451. The van der Waals surface area contributed by atoms with Crippen molar-refractivity contribution in [3.8, 4) is 0 Å². The third-order valence-electron chi connectivity index (χ3n) is 8.73. The molecule has 5 fully saturated rings. The largest absolute Gasteiger partial charge is 0.340 e. The van der Waals surface area contributed by atoms with E-state index in [1.54, 1.807) is 0 Å². The summed E-state index contributed by atoms with van der Waals surface area (Å²) in [6.07, 6.45) is 7.82. The molecule has 5 aliphatic rings. The van der Waals surface area contributed by atoms with Gasteiger partial charge in [-0.2, -0.15) is 5.48 Å². The zero-order valence-electron chi connectivity index (χ0n) is 20.1. The van der Waals surface area contributed by atoms with E-state index < -0.39 is 6.17 Å². The summed E-state index contributed by atoms with van der Waals surface area (Å²) in [4.78, 5) is 35.0. The van der Waals surface area contributed by atoms with E-state index in [0.29, 0.717) is 37.5 Å². The van der Waals surface area contributed by atoms with Crippen LogP contribution in [0.25, 0.3) is 0 Å². The number of piperazine rings is 1. The van der Waals surface area contributed by atoms with Crippen LogP contribution in [0, 0.1) is 17.8 Å². The number of hydrogen-bond acceptors (Lipinski definition) is 7. The lowest BCUT2D eigenvalue weighted by Gasteiger charge is -2.44. The predicted molar refractivity (Wildman–Crippen MR) is 125 cm³/mol. The lowest BCUT2D eigenvalue weighted by atomic mass is 9.73. The summed E-state index contributed by atoms with van der Waals surface area (Å²) in [7, 11) is 0. The minimum atomic E-state index is -0.656. The van der Waals surface area contributed by atoms with Crippen molar-refractivity contribution in [3.05, 3.63) is 0 Å². The Bertz CT molecular complexity index is 713. The van der Waals surface area contributed by atoms with Crippen molar-refractivity contribution >= 4 is 11.8 Å². The Kier molecular flexibility index (Phi) is 8.00. The Labute approximate surface area is 201 Å². The van der Waals surface area contributed by atoms with Crippen molar-refractivity contribution in [3.63, 3.8) is 0 Å². The SMILES string of the molecule is O=C1NNC(CN2CCN(C(=O)CCC3NC(C4CCC(F)CC4)NO3)CC2)C2CCCCC12. The first-order chi connectivity index (χ1) is 16.6. The second-order valence-electron chi connectivity index (χ2n) is 10.9. The molecule has 2 saturated carbocycles. The topological polar surface area (TPSA) is 98.0 Å². The number of nitrogens with one attached hydrogen (secondary N) is 4. The van der Waals surface area contributed by atoms with Gasteiger partial charge in [-0.15, -0.1) is 0 Å². The van der Waals surface area contributed by atoms with Crippen LogP contribution < -0.4 is 21.6 Å². The highest BCUT2D eigenvalue weighted by molar-refractivity contribution is 5.79. The lowest BCUT2D eigenvalue weighted by molar-refractivity contribution is -0.136. The summed E-state index contributed by atoms with van der Waals surface area (Å²) in [5.74, 6) is 1.30. The molecule has 34 heavy (non-hydrogen) atoms. The fourth-order valence-corrected chi connectivity index (χ4v) is 6.59. The van der Waals surface area contributed by atoms with Crippen molar-refractivity contribution in [2.75, 3.05) is 32.7 Å². The Morgan fingerprint density at radius 2 is 1.79 bits per heavy atom. The minimum Gasteiger partial charge on any atom is -0.340 e. The number of fused-ring (bicyclic) bond motifs is 1. The molecule has 3 heterocycles. The highest BCUT2D eigenvalue weighted by Gasteiger charge is 2.41. The number of hydroxylamine groups is 1. The highest BCUT2D eigenvalue weighted by Crippen LogP contribution is 2.34. The number of amides is 2. The number of carbonyl (C=O) groups is 2. The van der Waals surface area contributed by atoms with Gasteiger partial charge < -0.3 is 4.90 Å². The van der Waals surface area contributed by atoms with E-state index in [9.17, 15) is 14.0 Å². The molecule has 0 bridgehead atoms. The monoisotopic (exact) mass is 480 g/mol. The van der Waals surface area contributed by atoms with Crippen molar-refractivity contribution in [1.82, 2.24) is 31.4 Å². The summed E-state index contributed by atoms with van der Waals surface area (Å²) < 4.78 is 13.4. The first-order valence-corrected chi connectivity index (χ1v) is 13.4. The van der Waals surface area contributed by atoms with E-state index >= 15 is 0 Å². The second-order valence-corrected chi connectivity index (χ2v) is 10.9. The van der Waals surface area contributed by atoms with Gasteiger partial charge in [0, 0.05) is 51.1 Å². The fourth-order valence-electron chi connectivity index (χ4n) is 6.59. The summed E-state index contributed by atoms with van der Waals surface area (Å²) >= 11 is 0. The van der Waals surface area contributed by atoms with Crippen LogP contribution in [-0.2, 0) is 14.4 Å². The summed E-state index contributed by atoms with van der Waals surface area (Å²) in [6, 6.07) is 0.288. The summed E-state index contributed by atoms with van der Waals surface area (Å²) in [5, 5.41) is 3.44. The molecule has 3 saturated heterocycles. The lowest BCUT2D eigenvalue weighted by Crippen LogP contribution is -2.63. The van der Waals surface area contributed by atoms with Gasteiger partial charge in [0.25, 0.3) is 0 Å². The minimum absolute atomic E-state index is 0.0538. The maximum Gasteiger partial charge on any atom is 0.237 e. The third-order valence-corrected chi connectivity index (χ3v) is 8.73. The maximum absolute atomic E-state index is 13.4. The van der Waals surface area contributed by atoms with Gasteiger partial charge in [0.15, 0.2) is 0 Å². The first kappa shape index (κ1) is 24.4. The zero-order valence-corrected chi connectivity index (χ0v) is 20.1. The van der Waals surface area contributed by atoms with Crippen LogP contribution in [0.1, 0.15) is 64.2 Å². The fraction of sp³-hybridized carbons (Fsp3) is 0.917. The maximum atomic E-state index is 13.4. The average Bonchev–Trinajstić information content (AvgIpc) is 3.34. The Morgan fingerprint density at radius 3 is 2.59 bits per heavy atom. The standard InChI is InChI=1S/C24H41FN6O3/c25-17-7-5-16(6-8-17)23-26-21(34-29-23)9-10-22(32)31-13-11-30(12-14-31)15-20-18-3-1-2-4-19(18)24(33)28-27-20/h16-21,23,26-27,29H,1-15H2,(H,28,33). The van der Waals surface area contributed by atoms with E-state index in [0.717, 1.165) is 64.8 Å². The van der Waals surface area contributed by atoms with Gasteiger partial charge in [-0.25, -0.2) is 9.82 Å². The zero-order chi connectivity index (χ0) is 23.5. The summed E-state index contributed by atoms with van der Waals surface area (Å²) in [6.45, 7) is 4.15. The summed E-state index contributed by atoms with van der Waals surface area (Å²) in [5.41, 5.74) is 9.22. The molecular weight excluding hydrogens is 439 g/mol. The molecule has 10 heteroatoms. The second kappa shape index (κ2) is 11.2. The van der Waals surface area contributed by atoms with Crippen molar-refractivity contribution in [1.29, 1.82) is 0 Å². The van der Waals surface area contributed by atoms with Crippen molar-refractivity contribution in [2.45, 2.75) is 88.8 Å². The number of hydrazine groups is 1. The molecule has 0 spiro atoms. The number of rotatable bonds is 6. The number of nitrogens with zero attached hydrogens (tertiary/aromatic N) is 2. The normalized spacial score (nSPS) is 39.5. The molecule has 192 valence electrons. The molecule has 2 amide bonds. The van der Waals surface area contributed by atoms with Crippen LogP contribution >= 0.6 is 0 Å².